The Balaban J connectivity index is 1.53. The molecule has 0 aliphatic rings. The molecule has 5 heterocycles. The number of hydrogen-bond acceptors (Lipinski definition) is 7. The summed E-state index contributed by atoms with van der Waals surface area (Å²) in [4.78, 5) is 29.2. The first-order chi connectivity index (χ1) is 16.4. The third-order valence-electron chi connectivity index (χ3n) is 4.61. The third-order valence-corrected chi connectivity index (χ3v) is 4.61. The van der Waals surface area contributed by atoms with Crippen LogP contribution >= 0.6 is 0 Å². The highest BCUT2D eigenvalue weighted by Crippen LogP contribution is 2.34. The maximum absolute atomic E-state index is 14.0. The fourth-order valence-electron chi connectivity index (χ4n) is 3.21. The standard InChI is InChI=1S/C19H10F3N11O/c1-23-13-8-11(9-26-15(13)33-27-2-3-28-33)30-18(34)12-10-29-32(14(12)19(20,21)22)17-16-24-4-6-31(16)7-5-25-17/h2-10H,(H,30,34). The molecule has 0 bridgehead atoms. The summed E-state index contributed by atoms with van der Waals surface area (Å²) in [7, 11) is 0. The number of alkyl halides is 3. The molecule has 1 amide bonds. The molecule has 0 spiro atoms. The Morgan fingerprint density at radius 2 is 1.71 bits per heavy atom. The molecule has 0 unspecified atom stereocenters. The first-order valence-corrected chi connectivity index (χ1v) is 9.35. The molecular weight excluding hydrogens is 455 g/mol. The van der Waals surface area contributed by atoms with E-state index in [9.17, 15) is 18.0 Å². The van der Waals surface area contributed by atoms with Crippen molar-refractivity contribution in [3.05, 3.63) is 78.3 Å². The first-order valence-electron chi connectivity index (χ1n) is 9.35. The summed E-state index contributed by atoms with van der Waals surface area (Å²) >= 11 is 0. The fourth-order valence-corrected chi connectivity index (χ4v) is 3.21. The van der Waals surface area contributed by atoms with Crippen molar-refractivity contribution >= 4 is 22.9 Å². The van der Waals surface area contributed by atoms with Crippen LogP contribution in [0.4, 0.5) is 24.5 Å². The van der Waals surface area contributed by atoms with Crippen LogP contribution in [-0.2, 0) is 6.18 Å². The Kier molecular flexibility index (Phi) is 4.75. The predicted molar refractivity (Wildman–Crippen MR) is 108 cm³/mol. The minimum absolute atomic E-state index is 0.00117. The van der Waals surface area contributed by atoms with Gasteiger partial charge in [0.05, 0.1) is 36.9 Å². The van der Waals surface area contributed by atoms with Crippen molar-refractivity contribution in [3.63, 3.8) is 0 Å². The van der Waals surface area contributed by atoms with E-state index >= 15 is 0 Å². The Morgan fingerprint density at radius 1 is 0.971 bits per heavy atom. The van der Waals surface area contributed by atoms with E-state index in [1.165, 1.54) is 53.8 Å². The highest BCUT2D eigenvalue weighted by Gasteiger charge is 2.41. The molecule has 0 radical (unpaired) electrons. The lowest BCUT2D eigenvalue weighted by atomic mass is 10.2. The van der Waals surface area contributed by atoms with Gasteiger partial charge in [0.15, 0.2) is 23.0 Å². The molecule has 5 aromatic rings. The summed E-state index contributed by atoms with van der Waals surface area (Å²) in [5.41, 5.74) is -1.97. The second kappa shape index (κ2) is 7.78. The third kappa shape index (κ3) is 3.48. The number of carbonyl (C=O) groups is 1. The topological polar surface area (TPSA) is 125 Å². The SMILES string of the molecule is [C-]#[N+]c1cc(NC(=O)c2cnn(-c3nccn4ccnc34)c2C(F)(F)F)cnc1-n1nccn1. The molecule has 0 aromatic carbocycles. The molecule has 1 N–H and O–H groups in total. The van der Waals surface area contributed by atoms with E-state index in [0.29, 0.717) is 4.68 Å². The molecule has 0 aliphatic carbocycles. The number of fused-ring (bicyclic) bond motifs is 1. The lowest BCUT2D eigenvalue weighted by molar-refractivity contribution is -0.143. The Morgan fingerprint density at radius 3 is 2.41 bits per heavy atom. The van der Waals surface area contributed by atoms with Crippen molar-refractivity contribution in [1.29, 1.82) is 0 Å². The van der Waals surface area contributed by atoms with Gasteiger partial charge in [0.1, 0.15) is 0 Å². The highest BCUT2D eigenvalue weighted by molar-refractivity contribution is 6.05. The van der Waals surface area contributed by atoms with Gasteiger partial charge in [-0.25, -0.2) is 24.5 Å². The van der Waals surface area contributed by atoms with E-state index in [-0.39, 0.29) is 28.7 Å². The van der Waals surface area contributed by atoms with Gasteiger partial charge in [-0.15, -0.1) is 4.80 Å². The number of aromatic nitrogens is 9. The van der Waals surface area contributed by atoms with Gasteiger partial charge in [-0.2, -0.15) is 28.5 Å². The molecular formula is C19H10F3N11O. The molecule has 0 aliphatic heterocycles. The van der Waals surface area contributed by atoms with Crippen LogP contribution in [-0.4, -0.2) is 50.0 Å². The first kappa shape index (κ1) is 20.8. The number of halogens is 3. The van der Waals surface area contributed by atoms with Gasteiger partial charge in [-0.05, 0) is 6.07 Å². The predicted octanol–water partition coefficient (Wildman–Crippen LogP) is 2.71. The van der Waals surface area contributed by atoms with E-state index in [1.807, 2.05) is 0 Å². The van der Waals surface area contributed by atoms with Crippen molar-refractivity contribution in [1.82, 2.24) is 44.1 Å². The van der Waals surface area contributed by atoms with Gasteiger partial charge in [-0.1, -0.05) is 0 Å². The van der Waals surface area contributed by atoms with E-state index in [2.05, 4.69) is 40.4 Å². The number of imidazole rings is 1. The zero-order chi connectivity index (χ0) is 23.9. The van der Waals surface area contributed by atoms with Crippen molar-refractivity contribution in [3.8, 4) is 11.6 Å². The number of carbonyl (C=O) groups excluding carboxylic acids is 1. The van der Waals surface area contributed by atoms with Gasteiger partial charge in [0.2, 0.25) is 5.69 Å². The largest absolute Gasteiger partial charge is 0.434 e. The number of pyridine rings is 1. The van der Waals surface area contributed by atoms with Crippen LogP contribution in [0.25, 0.3) is 22.1 Å². The molecule has 168 valence electrons. The molecule has 15 heteroatoms. The molecule has 34 heavy (non-hydrogen) atoms. The zero-order valence-electron chi connectivity index (χ0n) is 16.7. The maximum Gasteiger partial charge on any atom is 0.434 e. The molecule has 0 fully saturated rings. The molecule has 0 saturated heterocycles. The van der Waals surface area contributed by atoms with Crippen LogP contribution in [0.1, 0.15) is 16.1 Å². The zero-order valence-corrected chi connectivity index (χ0v) is 16.7. The number of amides is 1. The quantitative estimate of drug-likeness (QED) is 0.405. The summed E-state index contributed by atoms with van der Waals surface area (Å²) in [6.07, 6.45) is 5.54. The normalized spacial score (nSPS) is 11.5. The van der Waals surface area contributed by atoms with E-state index in [0.717, 1.165) is 11.0 Å². The van der Waals surface area contributed by atoms with Crippen LogP contribution in [0.2, 0.25) is 0 Å². The number of nitrogens with zero attached hydrogens (tertiary/aromatic N) is 10. The lowest BCUT2D eigenvalue weighted by Gasteiger charge is -2.13. The maximum atomic E-state index is 14.0. The van der Waals surface area contributed by atoms with Crippen molar-refractivity contribution in [2.24, 2.45) is 0 Å². The van der Waals surface area contributed by atoms with E-state index in [4.69, 9.17) is 6.57 Å². The molecule has 12 nitrogen and oxygen atoms in total. The second-order valence-electron chi connectivity index (χ2n) is 6.68. The summed E-state index contributed by atoms with van der Waals surface area (Å²) in [6, 6.07) is 1.25. The van der Waals surface area contributed by atoms with Crippen LogP contribution in [0.5, 0.6) is 0 Å². The Hall–Kier alpha value is -5.13. The van der Waals surface area contributed by atoms with Gasteiger partial charge < -0.3 is 9.72 Å². The lowest BCUT2D eigenvalue weighted by Crippen LogP contribution is -2.21. The average Bonchev–Trinajstić information content (AvgIpc) is 3.58. The van der Waals surface area contributed by atoms with E-state index < -0.39 is 23.3 Å². The van der Waals surface area contributed by atoms with Crippen LogP contribution < -0.4 is 5.32 Å². The summed E-state index contributed by atoms with van der Waals surface area (Å²) in [5, 5.41) is 13.9. The Labute approximate surface area is 187 Å². The van der Waals surface area contributed by atoms with Crippen LogP contribution in [0.15, 0.2) is 55.6 Å². The van der Waals surface area contributed by atoms with Gasteiger partial charge in [0.25, 0.3) is 5.91 Å². The minimum atomic E-state index is -4.94. The average molecular weight is 465 g/mol. The molecule has 5 rings (SSSR count). The number of nitrogens with one attached hydrogen (secondary N) is 1. The summed E-state index contributed by atoms with van der Waals surface area (Å²) in [6.45, 7) is 7.32. The fraction of sp³-hybridized carbons (Fsp3) is 0.0526. The van der Waals surface area contributed by atoms with E-state index in [1.54, 1.807) is 0 Å². The van der Waals surface area contributed by atoms with Crippen LogP contribution in [0, 0.1) is 6.57 Å². The number of rotatable bonds is 4. The van der Waals surface area contributed by atoms with Crippen molar-refractivity contribution in [2.45, 2.75) is 6.18 Å². The number of hydrogen-bond donors (Lipinski definition) is 1. The Bertz CT molecular complexity index is 1560. The second-order valence-corrected chi connectivity index (χ2v) is 6.68. The van der Waals surface area contributed by atoms with Gasteiger partial charge in [-0.3, -0.25) is 4.79 Å². The van der Waals surface area contributed by atoms with Gasteiger partial charge >= 0.3 is 6.18 Å². The monoisotopic (exact) mass is 465 g/mol. The number of anilines is 1. The van der Waals surface area contributed by atoms with Crippen LogP contribution in [0.3, 0.4) is 0 Å². The molecule has 0 saturated carbocycles. The molecule has 5 aromatic heterocycles. The van der Waals surface area contributed by atoms with Crippen molar-refractivity contribution in [2.75, 3.05) is 5.32 Å². The molecule has 0 atom stereocenters. The summed E-state index contributed by atoms with van der Waals surface area (Å²) in [5.74, 6) is -1.20. The van der Waals surface area contributed by atoms with Gasteiger partial charge in [0, 0.05) is 30.5 Å². The highest BCUT2D eigenvalue weighted by atomic mass is 19.4. The van der Waals surface area contributed by atoms with Crippen molar-refractivity contribution < 1.29 is 18.0 Å². The smallest absolute Gasteiger partial charge is 0.322 e. The minimum Gasteiger partial charge on any atom is -0.322 e. The summed E-state index contributed by atoms with van der Waals surface area (Å²) < 4.78 is 44.0.